The van der Waals surface area contributed by atoms with E-state index in [0.717, 1.165) is 44.5 Å². The lowest BCUT2D eigenvalue weighted by atomic mass is 10.1. The van der Waals surface area contributed by atoms with Gasteiger partial charge in [0, 0.05) is 18.8 Å². The first-order valence-electron chi connectivity index (χ1n) is 8.39. The number of thiocarbonyl (C=S) groups is 1. The molecule has 3 rings (SSSR count). The molecule has 144 valence electrons. The molecule has 1 aromatic carbocycles. The minimum atomic E-state index is -4.48. The number of anilines is 3. The summed E-state index contributed by atoms with van der Waals surface area (Å²) in [6, 6.07) is 4.52. The predicted octanol–water partition coefficient (Wildman–Crippen LogP) is 3.15. The van der Waals surface area contributed by atoms with Gasteiger partial charge in [0.05, 0.1) is 5.56 Å². The summed E-state index contributed by atoms with van der Waals surface area (Å²) in [7, 11) is 0. The summed E-state index contributed by atoms with van der Waals surface area (Å²) in [5.74, 6) is 0.312. The van der Waals surface area contributed by atoms with Crippen LogP contribution < -0.4 is 21.5 Å². The van der Waals surface area contributed by atoms with E-state index in [0.29, 0.717) is 5.95 Å². The van der Waals surface area contributed by atoms with Crippen LogP contribution in [-0.2, 0) is 6.18 Å². The lowest BCUT2D eigenvalue weighted by Crippen LogP contribution is -2.34. The number of aromatic amines is 1. The van der Waals surface area contributed by atoms with E-state index in [4.69, 9.17) is 18.0 Å². The van der Waals surface area contributed by atoms with Crippen LogP contribution >= 0.6 is 12.2 Å². The van der Waals surface area contributed by atoms with Gasteiger partial charge in [0.2, 0.25) is 5.95 Å². The van der Waals surface area contributed by atoms with Crippen molar-refractivity contribution in [2.75, 3.05) is 29.0 Å². The van der Waals surface area contributed by atoms with Gasteiger partial charge in [-0.15, -0.1) is 0 Å². The van der Waals surface area contributed by atoms with Crippen LogP contribution in [0.3, 0.4) is 0 Å². The van der Waals surface area contributed by atoms with E-state index in [1.165, 1.54) is 12.1 Å². The molecule has 0 atom stereocenters. The summed E-state index contributed by atoms with van der Waals surface area (Å²) in [6.07, 6.45) is -1.35. The molecule has 6 nitrogen and oxygen atoms in total. The SMILES string of the molecule is Nc1nc(N2CCCCC2)[nH]c(=O)c1C(=S)Nc1cccc(C(F)(F)F)c1. The fraction of sp³-hybridized carbons (Fsp3) is 0.353. The smallest absolute Gasteiger partial charge is 0.383 e. The number of rotatable bonds is 3. The number of halogens is 3. The molecule has 2 heterocycles. The average molecular weight is 397 g/mol. The number of nitrogens with zero attached hydrogens (tertiary/aromatic N) is 2. The van der Waals surface area contributed by atoms with Crippen molar-refractivity contribution in [3.8, 4) is 0 Å². The minimum absolute atomic E-state index is 0.0659. The van der Waals surface area contributed by atoms with Gasteiger partial charge in [0.25, 0.3) is 5.56 Å². The van der Waals surface area contributed by atoms with Crippen LogP contribution in [0.5, 0.6) is 0 Å². The first kappa shape index (κ1) is 19.2. The second kappa shape index (κ2) is 7.55. The maximum atomic E-state index is 12.8. The molecule has 1 aliphatic rings. The van der Waals surface area contributed by atoms with Gasteiger partial charge in [-0.3, -0.25) is 9.78 Å². The van der Waals surface area contributed by atoms with Crippen LogP contribution in [0.1, 0.15) is 30.4 Å². The minimum Gasteiger partial charge on any atom is -0.383 e. The van der Waals surface area contributed by atoms with Crippen LogP contribution in [-0.4, -0.2) is 28.0 Å². The Hall–Kier alpha value is -2.62. The molecule has 1 aliphatic heterocycles. The zero-order chi connectivity index (χ0) is 19.6. The quantitative estimate of drug-likeness (QED) is 0.690. The number of benzene rings is 1. The largest absolute Gasteiger partial charge is 0.416 e. The van der Waals surface area contributed by atoms with Gasteiger partial charge in [-0.2, -0.15) is 18.2 Å². The summed E-state index contributed by atoms with van der Waals surface area (Å²) in [6.45, 7) is 1.54. The molecule has 0 aliphatic carbocycles. The van der Waals surface area contributed by atoms with E-state index < -0.39 is 17.3 Å². The zero-order valence-electron chi connectivity index (χ0n) is 14.3. The number of nitrogens with two attached hydrogens (primary N) is 1. The van der Waals surface area contributed by atoms with Crippen molar-refractivity contribution in [1.82, 2.24) is 9.97 Å². The number of hydrogen-bond acceptors (Lipinski definition) is 5. The Kier molecular flexibility index (Phi) is 5.36. The normalized spacial score (nSPS) is 14.9. The molecule has 27 heavy (non-hydrogen) atoms. The highest BCUT2D eigenvalue weighted by Crippen LogP contribution is 2.30. The number of piperidine rings is 1. The summed E-state index contributed by atoms with van der Waals surface area (Å²) < 4.78 is 38.5. The Balaban J connectivity index is 1.84. The average Bonchev–Trinajstić information content (AvgIpc) is 2.61. The Bertz CT molecular complexity index is 906. The highest BCUT2D eigenvalue weighted by atomic mass is 32.1. The van der Waals surface area contributed by atoms with Crippen molar-refractivity contribution in [1.29, 1.82) is 0 Å². The van der Waals surface area contributed by atoms with E-state index in [9.17, 15) is 18.0 Å². The summed E-state index contributed by atoms with van der Waals surface area (Å²) in [4.78, 5) is 21.2. The number of H-pyrrole nitrogens is 1. The van der Waals surface area contributed by atoms with Crippen molar-refractivity contribution in [2.24, 2.45) is 0 Å². The number of nitrogen functional groups attached to an aromatic ring is 1. The van der Waals surface area contributed by atoms with Gasteiger partial charge in [-0.25, -0.2) is 0 Å². The predicted molar refractivity (Wildman–Crippen MR) is 102 cm³/mol. The van der Waals surface area contributed by atoms with Gasteiger partial charge in [-0.1, -0.05) is 18.3 Å². The lowest BCUT2D eigenvalue weighted by Gasteiger charge is -2.27. The van der Waals surface area contributed by atoms with Crippen LogP contribution in [0.25, 0.3) is 0 Å². The van der Waals surface area contributed by atoms with E-state index in [1.807, 2.05) is 4.90 Å². The van der Waals surface area contributed by atoms with Gasteiger partial charge >= 0.3 is 6.18 Å². The fourth-order valence-electron chi connectivity index (χ4n) is 2.92. The van der Waals surface area contributed by atoms with Crippen molar-refractivity contribution in [3.05, 3.63) is 45.7 Å². The van der Waals surface area contributed by atoms with E-state index in [-0.39, 0.29) is 22.1 Å². The monoisotopic (exact) mass is 397 g/mol. The molecule has 0 amide bonds. The van der Waals surface area contributed by atoms with Crippen molar-refractivity contribution in [2.45, 2.75) is 25.4 Å². The van der Waals surface area contributed by atoms with Gasteiger partial charge in [0.1, 0.15) is 16.4 Å². The first-order valence-corrected chi connectivity index (χ1v) is 8.80. The Labute approximate surface area is 158 Å². The molecule has 10 heteroatoms. The summed E-state index contributed by atoms with van der Waals surface area (Å²) in [5, 5.41) is 2.63. The van der Waals surface area contributed by atoms with Crippen LogP contribution in [0.2, 0.25) is 0 Å². The van der Waals surface area contributed by atoms with Gasteiger partial charge < -0.3 is 16.0 Å². The molecule has 1 fully saturated rings. The molecule has 1 saturated heterocycles. The van der Waals surface area contributed by atoms with Crippen LogP contribution in [0, 0.1) is 0 Å². The third-order valence-electron chi connectivity index (χ3n) is 4.27. The van der Waals surface area contributed by atoms with E-state index in [1.54, 1.807) is 0 Å². The van der Waals surface area contributed by atoms with E-state index in [2.05, 4.69) is 15.3 Å². The Morgan fingerprint density at radius 2 is 1.96 bits per heavy atom. The molecular weight excluding hydrogens is 379 g/mol. The maximum Gasteiger partial charge on any atom is 0.416 e. The number of nitrogens with one attached hydrogen (secondary N) is 2. The van der Waals surface area contributed by atoms with Crippen molar-refractivity contribution >= 4 is 34.7 Å². The van der Waals surface area contributed by atoms with Gasteiger partial charge in [-0.05, 0) is 37.5 Å². The Morgan fingerprint density at radius 3 is 2.59 bits per heavy atom. The fourth-order valence-corrected chi connectivity index (χ4v) is 3.24. The second-order valence-corrected chi connectivity index (χ2v) is 6.64. The zero-order valence-corrected chi connectivity index (χ0v) is 15.1. The molecule has 0 bridgehead atoms. The molecular formula is C17H18F3N5OS. The van der Waals surface area contributed by atoms with Gasteiger partial charge in [0.15, 0.2) is 0 Å². The molecule has 1 aromatic heterocycles. The molecule has 0 radical (unpaired) electrons. The third-order valence-corrected chi connectivity index (χ3v) is 4.57. The second-order valence-electron chi connectivity index (χ2n) is 6.23. The Morgan fingerprint density at radius 1 is 1.26 bits per heavy atom. The number of alkyl halides is 3. The third kappa shape index (κ3) is 4.38. The van der Waals surface area contributed by atoms with Crippen molar-refractivity contribution < 1.29 is 13.2 Å². The first-order chi connectivity index (χ1) is 12.8. The maximum absolute atomic E-state index is 12.8. The topological polar surface area (TPSA) is 87.0 Å². The summed E-state index contributed by atoms with van der Waals surface area (Å²) >= 11 is 5.17. The molecule has 0 saturated carbocycles. The van der Waals surface area contributed by atoms with E-state index >= 15 is 0 Å². The lowest BCUT2D eigenvalue weighted by molar-refractivity contribution is -0.137. The van der Waals surface area contributed by atoms with Crippen LogP contribution in [0.15, 0.2) is 29.1 Å². The number of hydrogen-bond donors (Lipinski definition) is 3. The van der Waals surface area contributed by atoms with Crippen molar-refractivity contribution in [3.63, 3.8) is 0 Å². The highest BCUT2D eigenvalue weighted by Gasteiger charge is 2.30. The highest BCUT2D eigenvalue weighted by molar-refractivity contribution is 7.81. The molecule has 0 unspecified atom stereocenters. The molecule has 4 N–H and O–H groups in total. The molecule has 2 aromatic rings. The van der Waals surface area contributed by atoms with Crippen LogP contribution in [0.4, 0.5) is 30.6 Å². The summed E-state index contributed by atoms with van der Waals surface area (Å²) in [5.41, 5.74) is 4.60. The number of aromatic nitrogens is 2. The standard InChI is InChI=1S/C17H18F3N5OS/c18-17(19,20)10-5-4-6-11(9-10)22-15(27)12-13(21)23-16(24-14(12)26)25-7-2-1-3-8-25/h4-6,9H,1-3,7-8H2,(H,22,27)(H3,21,23,24,26). The molecule has 0 spiro atoms.